The van der Waals surface area contributed by atoms with E-state index in [0.29, 0.717) is 11.1 Å². The predicted molar refractivity (Wildman–Crippen MR) is 85.0 cm³/mol. The van der Waals surface area contributed by atoms with Gasteiger partial charge in [-0.25, -0.2) is 15.0 Å². The number of nitrogens with one attached hydrogen (secondary N) is 1. The summed E-state index contributed by atoms with van der Waals surface area (Å²) >= 11 is 6.19. The van der Waals surface area contributed by atoms with Gasteiger partial charge in [0.15, 0.2) is 0 Å². The van der Waals surface area contributed by atoms with Crippen LogP contribution in [0.5, 0.6) is 0 Å². The summed E-state index contributed by atoms with van der Waals surface area (Å²) in [4.78, 5) is 8.54. The van der Waals surface area contributed by atoms with Crippen molar-refractivity contribution in [1.82, 2.24) is 20.4 Å². The van der Waals surface area contributed by atoms with Crippen molar-refractivity contribution in [2.45, 2.75) is 33.2 Å². The zero-order valence-electron chi connectivity index (χ0n) is 12.9. The van der Waals surface area contributed by atoms with Crippen molar-refractivity contribution >= 4 is 17.2 Å². The molecular weight excluding hydrogens is 288 g/mol. The van der Waals surface area contributed by atoms with Gasteiger partial charge in [0, 0.05) is 38.5 Å². The first-order valence-corrected chi connectivity index (χ1v) is 7.76. The fourth-order valence-electron chi connectivity index (χ4n) is 2.28. The van der Waals surface area contributed by atoms with Gasteiger partial charge < -0.3 is 4.74 Å². The average molecular weight is 311 g/mol. The largest absolute Gasteiger partial charge is 0.382 e. The zero-order valence-corrected chi connectivity index (χ0v) is 13.7. The fourth-order valence-corrected chi connectivity index (χ4v) is 2.50. The second kappa shape index (κ2) is 7.84. The number of hydrogen-bond donors (Lipinski definition) is 1. The van der Waals surface area contributed by atoms with Crippen LogP contribution in [-0.4, -0.2) is 47.3 Å². The molecule has 0 aliphatic carbocycles. The van der Waals surface area contributed by atoms with Crippen molar-refractivity contribution in [1.29, 1.82) is 0 Å². The van der Waals surface area contributed by atoms with Gasteiger partial charge in [0.2, 0.25) is 0 Å². The maximum atomic E-state index is 6.19. The van der Waals surface area contributed by atoms with E-state index in [1.165, 1.54) is 0 Å². The molecule has 0 bridgehead atoms. The molecule has 1 unspecified atom stereocenters. The highest BCUT2D eigenvalue weighted by Gasteiger charge is 2.19. The third-order valence-electron chi connectivity index (χ3n) is 3.59. The molecule has 1 aliphatic rings. The third kappa shape index (κ3) is 4.48. The summed E-state index contributed by atoms with van der Waals surface area (Å²) in [5.41, 5.74) is 5.39. The quantitative estimate of drug-likeness (QED) is 0.818. The molecular formula is C15H23ClN4O. The van der Waals surface area contributed by atoms with E-state index >= 15 is 0 Å². The lowest BCUT2D eigenvalue weighted by Gasteiger charge is -2.32. The van der Waals surface area contributed by atoms with Gasteiger partial charge in [0.05, 0.1) is 10.7 Å². The first kappa shape index (κ1) is 16.4. The second-order valence-electron chi connectivity index (χ2n) is 5.16. The van der Waals surface area contributed by atoms with Crippen molar-refractivity contribution in [3.05, 3.63) is 28.8 Å². The van der Waals surface area contributed by atoms with E-state index < -0.39 is 0 Å². The van der Waals surface area contributed by atoms with E-state index in [2.05, 4.69) is 33.4 Å². The van der Waals surface area contributed by atoms with Crippen LogP contribution in [0.25, 0.3) is 5.57 Å². The standard InChI is InChI=1S/C15H23ClN4O/c1-4-21-8-6-11(2)20-7-5-13(9-18-20)15-14(16)10-17-12(3)19-15/h5,10-11,18H,4,6-9H2,1-3H3. The van der Waals surface area contributed by atoms with Crippen molar-refractivity contribution in [3.8, 4) is 0 Å². The molecule has 5 nitrogen and oxygen atoms in total. The minimum absolute atomic E-state index is 0.428. The summed E-state index contributed by atoms with van der Waals surface area (Å²) < 4.78 is 5.41. The van der Waals surface area contributed by atoms with Crippen LogP contribution in [0, 0.1) is 6.92 Å². The van der Waals surface area contributed by atoms with E-state index in [9.17, 15) is 0 Å². The second-order valence-corrected chi connectivity index (χ2v) is 5.57. The predicted octanol–water partition coefficient (Wildman–Crippen LogP) is 2.46. The maximum absolute atomic E-state index is 6.19. The van der Waals surface area contributed by atoms with Crippen molar-refractivity contribution < 1.29 is 4.74 Å². The molecule has 1 aromatic heterocycles. The fraction of sp³-hybridized carbons (Fsp3) is 0.600. The van der Waals surface area contributed by atoms with Crippen molar-refractivity contribution in [2.75, 3.05) is 26.3 Å². The molecule has 0 amide bonds. The van der Waals surface area contributed by atoms with E-state index in [1.807, 2.05) is 13.8 Å². The first-order valence-electron chi connectivity index (χ1n) is 7.38. The zero-order chi connectivity index (χ0) is 15.2. The minimum Gasteiger partial charge on any atom is -0.382 e. The number of nitrogens with zero attached hydrogens (tertiary/aromatic N) is 3. The van der Waals surface area contributed by atoms with E-state index in [-0.39, 0.29) is 0 Å². The van der Waals surface area contributed by atoms with E-state index in [0.717, 1.165) is 49.8 Å². The Labute approximate surface area is 131 Å². The number of halogens is 1. The summed E-state index contributed by atoms with van der Waals surface area (Å²) in [7, 11) is 0. The molecule has 1 aliphatic heterocycles. The van der Waals surface area contributed by atoms with Gasteiger partial charge in [-0.05, 0) is 32.8 Å². The Hall–Kier alpha value is -1.01. The van der Waals surface area contributed by atoms with Gasteiger partial charge >= 0.3 is 0 Å². The lowest BCUT2D eigenvalue weighted by Crippen LogP contribution is -2.47. The van der Waals surface area contributed by atoms with Crippen LogP contribution < -0.4 is 5.43 Å². The molecule has 21 heavy (non-hydrogen) atoms. The lowest BCUT2D eigenvalue weighted by molar-refractivity contribution is 0.0920. The van der Waals surface area contributed by atoms with E-state index in [1.54, 1.807) is 6.20 Å². The number of rotatable bonds is 6. The Bertz CT molecular complexity index is 506. The summed E-state index contributed by atoms with van der Waals surface area (Å²) in [6.45, 7) is 9.23. The molecule has 0 aromatic carbocycles. The monoisotopic (exact) mass is 310 g/mol. The molecule has 1 atom stereocenters. The molecule has 0 saturated heterocycles. The van der Waals surface area contributed by atoms with E-state index in [4.69, 9.17) is 16.3 Å². The number of ether oxygens (including phenoxy) is 1. The van der Waals surface area contributed by atoms with Crippen molar-refractivity contribution in [2.24, 2.45) is 0 Å². The van der Waals surface area contributed by atoms with Crippen LogP contribution in [0.4, 0.5) is 0 Å². The molecule has 6 heteroatoms. The van der Waals surface area contributed by atoms with Crippen LogP contribution >= 0.6 is 11.6 Å². The first-order chi connectivity index (χ1) is 10.1. The SMILES string of the molecule is CCOCCC(C)N1CC=C(c2nc(C)ncc2Cl)CN1. The van der Waals surface area contributed by atoms with Gasteiger partial charge in [-0.1, -0.05) is 17.7 Å². The molecule has 2 heterocycles. The Morgan fingerprint density at radius 1 is 1.52 bits per heavy atom. The van der Waals surface area contributed by atoms with Gasteiger partial charge in [-0.3, -0.25) is 5.43 Å². The van der Waals surface area contributed by atoms with Crippen LogP contribution in [0.2, 0.25) is 5.02 Å². The molecule has 2 rings (SSSR count). The van der Waals surface area contributed by atoms with Gasteiger partial charge in [-0.2, -0.15) is 0 Å². The Kier molecular flexibility index (Phi) is 6.11. The van der Waals surface area contributed by atoms with Crippen LogP contribution in [0.15, 0.2) is 12.3 Å². The van der Waals surface area contributed by atoms with Crippen LogP contribution in [-0.2, 0) is 4.74 Å². The Balaban J connectivity index is 1.97. The molecule has 116 valence electrons. The Morgan fingerprint density at radius 2 is 2.33 bits per heavy atom. The highest BCUT2D eigenvalue weighted by molar-refractivity contribution is 6.32. The topological polar surface area (TPSA) is 50.3 Å². The summed E-state index contributed by atoms with van der Waals surface area (Å²) in [6.07, 6.45) is 4.86. The number of hydrazine groups is 1. The van der Waals surface area contributed by atoms with Crippen LogP contribution in [0.3, 0.4) is 0 Å². The summed E-state index contributed by atoms with van der Waals surface area (Å²) in [6, 6.07) is 0.428. The smallest absolute Gasteiger partial charge is 0.125 e. The van der Waals surface area contributed by atoms with Gasteiger partial charge in [0.25, 0.3) is 0 Å². The molecule has 1 aromatic rings. The average Bonchev–Trinajstić information content (AvgIpc) is 2.50. The number of aryl methyl sites for hydroxylation is 1. The minimum atomic E-state index is 0.428. The Morgan fingerprint density at radius 3 is 3.00 bits per heavy atom. The summed E-state index contributed by atoms with van der Waals surface area (Å²) in [5.74, 6) is 0.739. The normalized spacial score (nSPS) is 17.6. The highest BCUT2D eigenvalue weighted by Crippen LogP contribution is 2.22. The van der Waals surface area contributed by atoms with Gasteiger partial charge in [0.1, 0.15) is 5.82 Å². The number of aromatic nitrogens is 2. The van der Waals surface area contributed by atoms with Crippen LogP contribution in [0.1, 0.15) is 31.8 Å². The lowest BCUT2D eigenvalue weighted by atomic mass is 10.1. The maximum Gasteiger partial charge on any atom is 0.125 e. The molecule has 1 N–H and O–H groups in total. The van der Waals surface area contributed by atoms with Crippen molar-refractivity contribution in [3.63, 3.8) is 0 Å². The summed E-state index contributed by atoms with van der Waals surface area (Å²) in [5, 5.41) is 2.83. The number of hydrogen-bond acceptors (Lipinski definition) is 5. The molecule has 0 spiro atoms. The molecule has 0 fully saturated rings. The molecule has 0 saturated carbocycles. The third-order valence-corrected chi connectivity index (χ3v) is 3.87. The highest BCUT2D eigenvalue weighted by atomic mass is 35.5. The van der Waals surface area contributed by atoms with Gasteiger partial charge in [-0.15, -0.1) is 0 Å². The molecule has 0 radical (unpaired) electrons.